The van der Waals surface area contributed by atoms with E-state index in [0.717, 1.165) is 39.8 Å². The number of para-hydroxylation sites is 4. The zero-order chi connectivity index (χ0) is 36.2. The molecule has 1 aliphatic carbocycles. The molecule has 3 heteroatoms. The lowest BCUT2D eigenvalue weighted by atomic mass is 9.80. The summed E-state index contributed by atoms with van der Waals surface area (Å²) in [6.07, 6.45) is 0. The van der Waals surface area contributed by atoms with Crippen molar-refractivity contribution in [3.8, 4) is 16.8 Å². The smallest absolute Gasteiger partial charge is 0.0544 e. The molecule has 0 saturated carbocycles. The summed E-state index contributed by atoms with van der Waals surface area (Å²) in [5, 5.41) is 2.62. The van der Waals surface area contributed by atoms with Gasteiger partial charge in [-0.15, -0.1) is 0 Å². The maximum Gasteiger partial charge on any atom is 0.0544 e. The van der Waals surface area contributed by atoms with Gasteiger partial charge in [-0.1, -0.05) is 129 Å². The van der Waals surface area contributed by atoms with Crippen molar-refractivity contribution in [2.75, 3.05) is 9.80 Å². The quantitative estimate of drug-likeness (QED) is 0.165. The summed E-state index contributed by atoms with van der Waals surface area (Å²) < 4.78 is 2.46. The Morgan fingerprint density at radius 2 is 0.889 bits per heavy atom. The minimum atomic E-state index is -0.120. The number of hydrogen-bond acceptors (Lipinski definition) is 2. The molecule has 1 aliphatic rings. The Morgan fingerprint density at radius 3 is 1.54 bits per heavy atom. The fourth-order valence-corrected chi connectivity index (χ4v) is 8.78. The Kier molecular flexibility index (Phi) is 7.48. The van der Waals surface area contributed by atoms with Crippen LogP contribution in [0.5, 0.6) is 0 Å². The Labute approximate surface area is 316 Å². The van der Waals surface area contributed by atoms with Crippen LogP contribution in [-0.4, -0.2) is 4.57 Å². The molecule has 9 aromatic rings. The Morgan fingerprint density at radius 1 is 0.389 bits per heavy atom. The second kappa shape index (κ2) is 12.7. The van der Waals surface area contributed by atoms with E-state index in [1.165, 1.54) is 44.1 Å². The molecule has 0 bridgehead atoms. The van der Waals surface area contributed by atoms with E-state index in [2.05, 4.69) is 228 Å². The van der Waals surface area contributed by atoms with Crippen LogP contribution in [0.3, 0.4) is 0 Å². The zero-order valence-corrected chi connectivity index (χ0v) is 30.4. The molecular formula is C51H39N3. The Balaban J connectivity index is 1.15. The molecule has 0 amide bonds. The van der Waals surface area contributed by atoms with Gasteiger partial charge in [0, 0.05) is 56.0 Å². The average Bonchev–Trinajstić information content (AvgIpc) is 3.68. The number of anilines is 6. The van der Waals surface area contributed by atoms with Gasteiger partial charge in [0.15, 0.2) is 0 Å². The maximum atomic E-state index is 2.46. The van der Waals surface area contributed by atoms with Crippen molar-refractivity contribution in [1.29, 1.82) is 0 Å². The maximum absolute atomic E-state index is 2.46. The summed E-state index contributed by atoms with van der Waals surface area (Å²) in [5.41, 5.74) is 15.5. The number of aromatic nitrogens is 1. The SMILES string of the molecule is CC1(C)c2ccccc2-c2ccc3c(c21)c1ccccc1n3-c1cccc(N(c2ccccc2)c2cccc(N(c3ccccc3)c3ccccc3)c2)c1. The number of fused-ring (bicyclic) bond motifs is 7. The normalized spacial score (nSPS) is 12.8. The third-order valence-electron chi connectivity index (χ3n) is 11.1. The van der Waals surface area contributed by atoms with E-state index in [9.17, 15) is 0 Å². The summed E-state index contributed by atoms with van der Waals surface area (Å²) in [4.78, 5) is 4.69. The van der Waals surface area contributed by atoms with Gasteiger partial charge in [-0.25, -0.2) is 0 Å². The molecule has 0 unspecified atom stereocenters. The molecule has 0 atom stereocenters. The standard InChI is InChI=1S/C51H39N3/c1-51(2)46-30-14-12-28-43(46)44-32-33-48-49(50(44)51)45-29-13-15-31-47(45)54(48)42-27-17-26-41(35-42)53(38-22-10-5-11-23-38)40-25-16-24-39(34-40)52(36-18-6-3-7-19-36)37-20-8-4-9-21-37/h3-35H,1-2H3. The monoisotopic (exact) mass is 693 g/mol. The van der Waals surface area contributed by atoms with Crippen LogP contribution in [-0.2, 0) is 5.41 Å². The van der Waals surface area contributed by atoms with E-state index in [-0.39, 0.29) is 5.41 Å². The minimum Gasteiger partial charge on any atom is -0.310 e. The molecule has 1 aromatic heterocycles. The van der Waals surface area contributed by atoms with Gasteiger partial charge in [-0.2, -0.15) is 0 Å². The van der Waals surface area contributed by atoms with Crippen LogP contribution >= 0.6 is 0 Å². The van der Waals surface area contributed by atoms with E-state index in [1.54, 1.807) is 0 Å². The zero-order valence-electron chi connectivity index (χ0n) is 30.4. The molecule has 0 aliphatic heterocycles. The van der Waals surface area contributed by atoms with Gasteiger partial charge in [-0.3, -0.25) is 0 Å². The lowest BCUT2D eigenvalue weighted by Crippen LogP contribution is -2.15. The highest BCUT2D eigenvalue weighted by Gasteiger charge is 2.38. The van der Waals surface area contributed by atoms with Crippen LogP contribution in [0.4, 0.5) is 34.1 Å². The lowest BCUT2D eigenvalue weighted by molar-refractivity contribution is 0.666. The fraction of sp³-hybridized carbons (Fsp3) is 0.0588. The van der Waals surface area contributed by atoms with Crippen molar-refractivity contribution in [2.45, 2.75) is 19.3 Å². The van der Waals surface area contributed by atoms with Crippen molar-refractivity contribution in [1.82, 2.24) is 4.57 Å². The predicted molar refractivity (Wildman–Crippen MR) is 228 cm³/mol. The molecule has 0 spiro atoms. The van der Waals surface area contributed by atoms with Crippen molar-refractivity contribution in [3.63, 3.8) is 0 Å². The fourth-order valence-electron chi connectivity index (χ4n) is 8.78. The number of rotatable bonds is 7. The highest BCUT2D eigenvalue weighted by molar-refractivity contribution is 6.14. The molecule has 258 valence electrons. The second-order valence-corrected chi connectivity index (χ2v) is 14.6. The average molecular weight is 694 g/mol. The van der Waals surface area contributed by atoms with Crippen molar-refractivity contribution in [3.05, 3.63) is 211 Å². The summed E-state index contributed by atoms with van der Waals surface area (Å²) in [6, 6.07) is 72.2. The minimum absolute atomic E-state index is 0.120. The third-order valence-corrected chi connectivity index (χ3v) is 11.1. The molecule has 3 nitrogen and oxygen atoms in total. The number of benzene rings is 8. The molecule has 0 N–H and O–H groups in total. The van der Waals surface area contributed by atoms with Gasteiger partial charge in [0.1, 0.15) is 0 Å². The van der Waals surface area contributed by atoms with E-state index < -0.39 is 0 Å². The van der Waals surface area contributed by atoms with Gasteiger partial charge >= 0.3 is 0 Å². The summed E-state index contributed by atoms with van der Waals surface area (Å²) in [5.74, 6) is 0. The topological polar surface area (TPSA) is 11.4 Å². The molecule has 8 aromatic carbocycles. The van der Waals surface area contributed by atoms with Gasteiger partial charge in [-0.05, 0) is 107 Å². The van der Waals surface area contributed by atoms with Gasteiger partial charge in [0.05, 0.1) is 11.0 Å². The van der Waals surface area contributed by atoms with Crippen LogP contribution in [0.2, 0.25) is 0 Å². The first-order valence-electron chi connectivity index (χ1n) is 18.7. The molecular weight excluding hydrogens is 655 g/mol. The first-order valence-corrected chi connectivity index (χ1v) is 18.7. The molecule has 0 fully saturated rings. The van der Waals surface area contributed by atoms with E-state index in [1.807, 2.05) is 0 Å². The Hall–Kier alpha value is -6.84. The van der Waals surface area contributed by atoms with Crippen molar-refractivity contribution >= 4 is 55.9 Å². The second-order valence-electron chi connectivity index (χ2n) is 14.6. The summed E-state index contributed by atoms with van der Waals surface area (Å²) in [7, 11) is 0. The molecule has 54 heavy (non-hydrogen) atoms. The Bertz CT molecular complexity index is 2760. The van der Waals surface area contributed by atoms with Gasteiger partial charge in [0.2, 0.25) is 0 Å². The van der Waals surface area contributed by atoms with Gasteiger partial charge < -0.3 is 14.4 Å². The first kappa shape index (κ1) is 31.9. The summed E-state index contributed by atoms with van der Waals surface area (Å²) >= 11 is 0. The molecule has 1 heterocycles. The summed E-state index contributed by atoms with van der Waals surface area (Å²) in [6.45, 7) is 4.76. The van der Waals surface area contributed by atoms with Crippen LogP contribution in [0.1, 0.15) is 25.0 Å². The van der Waals surface area contributed by atoms with E-state index >= 15 is 0 Å². The van der Waals surface area contributed by atoms with Gasteiger partial charge in [0.25, 0.3) is 0 Å². The number of nitrogens with zero attached hydrogens (tertiary/aromatic N) is 3. The van der Waals surface area contributed by atoms with Crippen molar-refractivity contribution in [2.24, 2.45) is 0 Å². The van der Waals surface area contributed by atoms with Crippen LogP contribution in [0, 0.1) is 0 Å². The molecule has 0 radical (unpaired) electrons. The van der Waals surface area contributed by atoms with E-state index in [0.29, 0.717) is 0 Å². The van der Waals surface area contributed by atoms with Crippen LogP contribution in [0.15, 0.2) is 200 Å². The molecule has 0 saturated heterocycles. The van der Waals surface area contributed by atoms with Crippen molar-refractivity contribution < 1.29 is 0 Å². The lowest BCUT2D eigenvalue weighted by Gasteiger charge is -2.29. The first-order chi connectivity index (χ1) is 26.6. The van der Waals surface area contributed by atoms with Crippen LogP contribution in [0.25, 0.3) is 38.6 Å². The third kappa shape index (κ3) is 5.04. The number of hydrogen-bond donors (Lipinski definition) is 0. The molecule has 10 rings (SSSR count). The van der Waals surface area contributed by atoms with E-state index in [4.69, 9.17) is 0 Å². The van der Waals surface area contributed by atoms with Crippen LogP contribution < -0.4 is 9.80 Å². The highest BCUT2D eigenvalue weighted by atomic mass is 15.2. The largest absolute Gasteiger partial charge is 0.310 e. The predicted octanol–water partition coefficient (Wildman–Crippen LogP) is 14.0. The highest BCUT2D eigenvalue weighted by Crippen LogP contribution is 2.53.